The van der Waals surface area contributed by atoms with Crippen molar-refractivity contribution in [3.8, 4) is 11.1 Å². The van der Waals surface area contributed by atoms with Gasteiger partial charge in [-0.2, -0.15) is 0 Å². The minimum Gasteiger partial charge on any atom is -0.361 e. The first-order valence-corrected chi connectivity index (χ1v) is 11.5. The van der Waals surface area contributed by atoms with Gasteiger partial charge in [-0.3, -0.25) is 14.7 Å². The quantitative estimate of drug-likeness (QED) is 0.515. The van der Waals surface area contributed by atoms with Crippen molar-refractivity contribution in [1.82, 2.24) is 19.8 Å². The number of carbonyl (C=O) groups is 1. The third-order valence-corrected chi connectivity index (χ3v) is 6.85. The molecule has 0 radical (unpaired) electrons. The molecule has 1 fully saturated rings. The fraction of sp³-hybridized carbons (Fsp3) is 0.214. The van der Waals surface area contributed by atoms with Gasteiger partial charge in [-0.05, 0) is 51.9 Å². The molecule has 2 aromatic heterocycles. The second-order valence-electron chi connectivity index (χ2n) is 9.04. The van der Waals surface area contributed by atoms with Gasteiger partial charge < -0.3 is 9.88 Å². The summed E-state index contributed by atoms with van der Waals surface area (Å²) in [7, 11) is 1.87. The van der Waals surface area contributed by atoms with Crippen LogP contribution in [0.4, 0.5) is 0 Å². The van der Waals surface area contributed by atoms with Crippen molar-refractivity contribution in [2.45, 2.75) is 13.0 Å². The Morgan fingerprint density at radius 3 is 2.67 bits per heavy atom. The molecule has 0 unspecified atom stereocenters. The Bertz CT molecular complexity index is 1380. The molecule has 0 bridgehead atoms. The van der Waals surface area contributed by atoms with Gasteiger partial charge in [-0.25, -0.2) is 0 Å². The number of piperazine rings is 1. The molecule has 0 spiro atoms. The average Bonchev–Trinajstić information content (AvgIpc) is 3.48. The van der Waals surface area contributed by atoms with Crippen molar-refractivity contribution in [3.63, 3.8) is 0 Å². The molecular formula is C28H26N4O. The third-order valence-electron chi connectivity index (χ3n) is 6.85. The maximum Gasteiger partial charge on any atom is 0.236 e. The Hall–Kier alpha value is -3.70. The van der Waals surface area contributed by atoms with Crippen molar-refractivity contribution in [2.75, 3.05) is 26.7 Å². The highest BCUT2D eigenvalue weighted by molar-refractivity contribution is 5.91. The number of hydrogen-bond donors (Lipinski definition) is 1. The molecule has 2 aliphatic rings. The lowest BCUT2D eigenvalue weighted by molar-refractivity contribution is -0.134. The molecule has 5 heteroatoms. The summed E-state index contributed by atoms with van der Waals surface area (Å²) < 4.78 is 0. The van der Waals surface area contributed by atoms with E-state index in [1.807, 2.05) is 19.4 Å². The molecule has 1 aliphatic heterocycles. The summed E-state index contributed by atoms with van der Waals surface area (Å²) in [5, 5.41) is 1.23. The molecule has 1 aliphatic carbocycles. The summed E-state index contributed by atoms with van der Waals surface area (Å²) in [6.07, 6.45) is 7.13. The zero-order valence-corrected chi connectivity index (χ0v) is 18.7. The van der Waals surface area contributed by atoms with Crippen molar-refractivity contribution in [2.24, 2.45) is 0 Å². The number of rotatable bonds is 4. The average molecular weight is 435 g/mol. The molecule has 1 saturated heterocycles. The number of nitrogens with zero attached hydrogens (tertiary/aromatic N) is 3. The highest BCUT2D eigenvalue weighted by atomic mass is 16.2. The number of carbonyl (C=O) groups excluding carboxylic acids is 1. The largest absolute Gasteiger partial charge is 0.361 e. The maximum atomic E-state index is 12.0. The Balaban J connectivity index is 1.23. The lowest BCUT2D eigenvalue weighted by atomic mass is 9.97. The van der Waals surface area contributed by atoms with Crippen molar-refractivity contribution in [3.05, 3.63) is 95.5 Å². The van der Waals surface area contributed by atoms with E-state index in [4.69, 9.17) is 4.98 Å². The van der Waals surface area contributed by atoms with E-state index in [0.29, 0.717) is 6.54 Å². The number of nitrogens with one attached hydrogen (secondary N) is 1. The second-order valence-corrected chi connectivity index (χ2v) is 9.04. The monoisotopic (exact) mass is 434 g/mol. The van der Waals surface area contributed by atoms with Crippen LogP contribution in [0.3, 0.4) is 0 Å². The van der Waals surface area contributed by atoms with Gasteiger partial charge >= 0.3 is 0 Å². The first-order valence-electron chi connectivity index (χ1n) is 11.5. The predicted octanol–water partition coefficient (Wildman–Crippen LogP) is 4.49. The Labute approximate surface area is 193 Å². The first kappa shape index (κ1) is 19.9. The highest BCUT2D eigenvalue weighted by Crippen LogP contribution is 2.35. The fourth-order valence-electron chi connectivity index (χ4n) is 4.85. The minimum absolute atomic E-state index is 0.196. The van der Waals surface area contributed by atoms with E-state index in [1.54, 1.807) is 4.90 Å². The molecule has 3 heterocycles. The molecule has 164 valence electrons. The summed E-state index contributed by atoms with van der Waals surface area (Å²) in [6.45, 7) is 3.01. The summed E-state index contributed by atoms with van der Waals surface area (Å²) in [6, 6.07) is 19.6. The van der Waals surface area contributed by atoms with E-state index in [9.17, 15) is 4.79 Å². The van der Waals surface area contributed by atoms with E-state index >= 15 is 0 Å². The predicted molar refractivity (Wildman–Crippen MR) is 132 cm³/mol. The lowest BCUT2D eigenvalue weighted by Gasteiger charge is -2.31. The van der Waals surface area contributed by atoms with Crippen LogP contribution in [0.15, 0.2) is 73.1 Å². The van der Waals surface area contributed by atoms with E-state index in [2.05, 4.69) is 70.6 Å². The molecule has 1 N–H and O–H groups in total. The van der Waals surface area contributed by atoms with Crippen LogP contribution in [-0.4, -0.2) is 52.4 Å². The Morgan fingerprint density at radius 1 is 0.970 bits per heavy atom. The maximum absolute atomic E-state index is 12.0. The van der Waals surface area contributed by atoms with Gasteiger partial charge in [0.05, 0.1) is 12.2 Å². The summed E-state index contributed by atoms with van der Waals surface area (Å²) in [5.74, 6) is 0.196. The van der Waals surface area contributed by atoms with Crippen LogP contribution in [0, 0.1) is 0 Å². The van der Waals surface area contributed by atoms with E-state index in [-0.39, 0.29) is 5.91 Å². The first-order chi connectivity index (χ1) is 16.1. The number of amides is 1. The van der Waals surface area contributed by atoms with Crippen LogP contribution in [0.2, 0.25) is 0 Å². The minimum atomic E-state index is 0.196. The standard InChI is InChI=1S/C28H26N4O/c1-31-12-13-32(18-28(31)33)17-19-2-4-20(5-3-19)23-15-25-24(7-9-27(25)30-16-23)21-6-8-26-22(14-21)10-11-29-26/h2-8,10-11,14-16,29H,9,12-13,17-18H2,1H3. The number of allylic oxidation sites excluding steroid dienone is 1. The molecule has 2 aromatic carbocycles. The fourth-order valence-corrected chi connectivity index (χ4v) is 4.85. The van der Waals surface area contributed by atoms with E-state index in [0.717, 1.165) is 48.4 Å². The molecule has 33 heavy (non-hydrogen) atoms. The molecule has 6 rings (SSSR count). The van der Waals surface area contributed by atoms with E-state index < -0.39 is 0 Å². The number of H-pyrrole nitrogens is 1. The SMILES string of the molecule is CN1CCN(Cc2ccc(-c3cnc4c(c3)C(c3ccc5[nH]ccc5c3)=CC4)cc2)CC1=O. The van der Waals surface area contributed by atoms with Gasteiger partial charge in [0, 0.05) is 62.1 Å². The summed E-state index contributed by atoms with van der Waals surface area (Å²) >= 11 is 0. The van der Waals surface area contributed by atoms with Gasteiger partial charge in [0.15, 0.2) is 0 Å². The highest BCUT2D eigenvalue weighted by Gasteiger charge is 2.21. The smallest absolute Gasteiger partial charge is 0.236 e. The number of aromatic nitrogens is 2. The zero-order chi connectivity index (χ0) is 22.4. The van der Waals surface area contributed by atoms with Crippen molar-refractivity contribution in [1.29, 1.82) is 0 Å². The van der Waals surface area contributed by atoms with Gasteiger partial charge in [-0.1, -0.05) is 36.4 Å². The number of fused-ring (bicyclic) bond motifs is 2. The van der Waals surface area contributed by atoms with Crippen LogP contribution in [0.25, 0.3) is 27.6 Å². The number of pyridine rings is 1. The van der Waals surface area contributed by atoms with E-state index in [1.165, 1.54) is 27.6 Å². The van der Waals surface area contributed by atoms with Gasteiger partial charge in [-0.15, -0.1) is 0 Å². The Morgan fingerprint density at radius 2 is 1.82 bits per heavy atom. The van der Waals surface area contributed by atoms with Crippen molar-refractivity contribution < 1.29 is 4.79 Å². The van der Waals surface area contributed by atoms with Crippen LogP contribution < -0.4 is 0 Å². The van der Waals surface area contributed by atoms with Crippen LogP contribution >= 0.6 is 0 Å². The van der Waals surface area contributed by atoms with Crippen LogP contribution in [0.5, 0.6) is 0 Å². The summed E-state index contributed by atoms with van der Waals surface area (Å²) in [5.41, 5.74) is 9.54. The number of likely N-dealkylation sites (N-methyl/N-ethyl adjacent to an activating group) is 1. The zero-order valence-electron chi connectivity index (χ0n) is 18.7. The molecular weight excluding hydrogens is 408 g/mol. The lowest BCUT2D eigenvalue weighted by Crippen LogP contribution is -2.47. The number of hydrogen-bond acceptors (Lipinski definition) is 3. The number of aromatic amines is 1. The van der Waals surface area contributed by atoms with Crippen LogP contribution in [-0.2, 0) is 17.8 Å². The topological polar surface area (TPSA) is 52.2 Å². The van der Waals surface area contributed by atoms with Crippen LogP contribution in [0.1, 0.15) is 22.4 Å². The van der Waals surface area contributed by atoms with Gasteiger partial charge in [0.25, 0.3) is 0 Å². The molecule has 0 atom stereocenters. The van der Waals surface area contributed by atoms with Crippen molar-refractivity contribution >= 4 is 22.4 Å². The summed E-state index contributed by atoms with van der Waals surface area (Å²) in [4.78, 5) is 24.1. The van der Waals surface area contributed by atoms with Gasteiger partial charge in [0.1, 0.15) is 0 Å². The molecule has 1 amide bonds. The molecule has 0 saturated carbocycles. The normalized spacial score (nSPS) is 16.3. The number of benzene rings is 2. The molecule has 5 nitrogen and oxygen atoms in total. The molecule has 4 aromatic rings. The third kappa shape index (κ3) is 3.74. The van der Waals surface area contributed by atoms with Gasteiger partial charge in [0.2, 0.25) is 5.91 Å². The Kier molecular flexibility index (Phi) is 4.84. The second kappa shape index (κ2) is 8.01.